The van der Waals surface area contributed by atoms with Gasteiger partial charge in [0, 0.05) is 5.30 Å². The first kappa shape index (κ1) is 25.5. The summed E-state index contributed by atoms with van der Waals surface area (Å²) >= 11 is 0. The summed E-state index contributed by atoms with van der Waals surface area (Å²) in [7, 11) is -3.55. The van der Waals surface area contributed by atoms with Crippen LogP contribution >= 0.6 is 7.14 Å². The molecule has 3 rings (SSSR count). The van der Waals surface area contributed by atoms with Gasteiger partial charge in [0.15, 0.2) is 11.2 Å². The average Bonchev–Trinajstić information content (AvgIpc) is 2.77. The number of hydrogen-bond donors (Lipinski definition) is 2. The second kappa shape index (κ2) is 10.4. The van der Waals surface area contributed by atoms with Gasteiger partial charge in [-0.2, -0.15) is 0 Å². The van der Waals surface area contributed by atoms with E-state index in [2.05, 4.69) is 75.8 Å². The number of nitrogens with two attached hydrogens (primary N) is 2. The van der Waals surface area contributed by atoms with Gasteiger partial charge in [-0.05, 0) is 74.9 Å². The van der Waals surface area contributed by atoms with Crippen LogP contribution in [0.15, 0.2) is 64.6 Å². The fourth-order valence-corrected chi connectivity index (χ4v) is 6.35. The van der Waals surface area contributed by atoms with Crippen LogP contribution in [0.1, 0.15) is 44.5 Å². The molecule has 0 aromatic heterocycles. The largest absolute Gasteiger partial charge is 0.380 e. The SMILES string of the molecule is Cc1cc(C)c(CN=C(N)P(=O)(C(N)=NCc2c(C)cc(C)cc2C)c2ccccc2)c(C)c1. The Labute approximate surface area is 203 Å². The zero-order valence-electron chi connectivity index (χ0n) is 21.0. The van der Waals surface area contributed by atoms with Crippen LogP contribution in [0.2, 0.25) is 0 Å². The minimum Gasteiger partial charge on any atom is -0.380 e. The molecule has 0 saturated heterocycles. The summed E-state index contributed by atoms with van der Waals surface area (Å²) in [6.07, 6.45) is 0. The van der Waals surface area contributed by atoms with E-state index in [9.17, 15) is 4.57 Å². The van der Waals surface area contributed by atoms with Gasteiger partial charge in [0.25, 0.3) is 0 Å². The van der Waals surface area contributed by atoms with Gasteiger partial charge in [-0.1, -0.05) is 65.7 Å². The number of amidine groups is 2. The van der Waals surface area contributed by atoms with Crippen molar-refractivity contribution in [2.75, 3.05) is 0 Å². The molecule has 0 unspecified atom stereocenters. The van der Waals surface area contributed by atoms with Crippen molar-refractivity contribution in [3.05, 3.63) is 99.1 Å². The van der Waals surface area contributed by atoms with Gasteiger partial charge in [-0.25, -0.2) is 0 Å². The van der Waals surface area contributed by atoms with E-state index < -0.39 is 7.14 Å². The molecule has 4 N–H and O–H groups in total. The first-order chi connectivity index (χ1) is 16.0. The zero-order valence-corrected chi connectivity index (χ0v) is 21.9. The molecule has 3 aromatic carbocycles. The molecular weight excluding hydrogens is 439 g/mol. The molecule has 6 heteroatoms. The molecule has 0 aliphatic heterocycles. The van der Waals surface area contributed by atoms with Crippen LogP contribution in [0.25, 0.3) is 0 Å². The first-order valence-electron chi connectivity index (χ1n) is 11.4. The summed E-state index contributed by atoms with van der Waals surface area (Å²) in [5.74, 6) is 0. The Morgan fingerprint density at radius 2 is 1.03 bits per heavy atom. The second-order valence-corrected chi connectivity index (χ2v) is 11.7. The van der Waals surface area contributed by atoms with Gasteiger partial charge in [-0.15, -0.1) is 0 Å². The summed E-state index contributed by atoms with van der Waals surface area (Å²) < 4.78 is 14.4. The van der Waals surface area contributed by atoms with Crippen molar-refractivity contribution in [2.45, 2.75) is 54.6 Å². The molecule has 0 spiro atoms. The first-order valence-corrected chi connectivity index (χ1v) is 13.1. The highest BCUT2D eigenvalue weighted by molar-refractivity contribution is 8.00. The van der Waals surface area contributed by atoms with Gasteiger partial charge < -0.3 is 16.0 Å². The molecule has 0 atom stereocenters. The lowest BCUT2D eigenvalue weighted by Crippen LogP contribution is -2.30. The highest BCUT2D eigenvalue weighted by atomic mass is 31.2. The molecule has 0 fully saturated rings. The number of aliphatic imine (C=N–C) groups is 2. The van der Waals surface area contributed by atoms with Crippen molar-refractivity contribution in [1.29, 1.82) is 0 Å². The third kappa shape index (κ3) is 5.31. The highest BCUT2D eigenvalue weighted by Gasteiger charge is 2.34. The molecule has 0 radical (unpaired) electrons. The molecule has 3 aromatic rings. The maximum Gasteiger partial charge on any atom is 0.236 e. The standard InChI is InChI=1S/C28H35N4OP/c1-18-12-20(3)25(21(4)13-18)16-31-27(29)34(33,24-10-8-7-9-11-24)28(30)32-17-26-22(5)14-19(2)15-23(26)6/h7-15H,16-17H2,1-6H3,(H2,29,31)(H2,30,32). The van der Waals surface area contributed by atoms with E-state index in [0.717, 1.165) is 33.4 Å². The molecule has 0 saturated carbocycles. The monoisotopic (exact) mass is 474 g/mol. The van der Waals surface area contributed by atoms with Crippen molar-refractivity contribution in [3.63, 3.8) is 0 Å². The summed E-state index contributed by atoms with van der Waals surface area (Å²) in [6, 6.07) is 17.5. The third-order valence-electron chi connectivity index (χ3n) is 6.24. The van der Waals surface area contributed by atoms with Crippen LogP contribution in [0.3, 0.4) is 0 Å². The zero-order chi connectivity index (χ0) is 25.0. The Morgan fingerprint density at radius 1 is 0.676 bits per heavy atom. The topological polar surface area (TPSA) is 93.8 Å². The Bertz CT molecular complexity index is 1180. The van der Waals surface area contributed by atoms with E-state index >= 15 is 0 Å². The summed E-state index contributed by atoms with van der Waals surface area (Å²) in [5, 5.41) is 0.534. The van der Waals surface area contributed by atoms with E-state index in [1.54, 1.807) is 12.1 Å². The van der Waals surface area contributed by atoms with Crippen molar-refractivity contribution in [1.82, 2.24) is 0 Å². The predicted molar refractivity (Wildman–Crippen MR) is 146 cm³/mol. The van der Waals surface area contributed by atoms with Gasteiger partial charge in [-0.3, -0.25) is 9.98 Å². The molecule has 34 heavy (non-hydrogen) atoms. The van der Waals surface area contributed by atoms with Crippen molar-refractivity contribution in [2.24, 2.45) is 21.5 Å². The molecule has 0 bridgehead atoms. The van der Waals surface area contributed by atoms with Gasteiger partial charge in [0.05, 0.1) is 13.1 Å². The Balaban J connectivity index is 2.02. The number of rotatable bonds is 7. The fraction of sp³-hybridized carbons (Fsp3) is 0.286. The maximum absolute atomic E-state index is 14.4. The Morgan fingerprint density at radius 3 is 1.38 bits per heavy atom. The maximum atomic E-state index is 14.4. The molecule has 0 heterocycles. The fourth-order valence-electron chi connectivity index (χ4n) is 4.46. The number of benzene rings is 3. The average molecular weight is 475 g/mol. The number of hydrogen-bond acceptors (Lipinski definition) is 3. The minimum atomic E-state index is -3.55. The lowest BCUT2D eigenvalue weighted by Gasteiger charge is -2.19. The van der Waals surface area contributed by atoms with E-state index in [0.29, 0.717) is 18.4 Å². The summed E-state index contributed by atoms with van der Waals surface area (Å²) in [5.41, 5.74) is 22.0. The third-order valence-corrected chi connectivity index (χ3v) is 8.84. The molecule has 0 aliphatic rings. The van der Waals surface area contributed by atoms with Crippen LogP contribution in [-0.4, -0.2) is 11.2 Å². The van der Waals surface area contributed by atoms with Crippen LogP contribution in [0.4, 0.5) is 0 Å². The Hall–Kier alpha value is -3.17. The predicted octanol–water partition coefficient (Wildman–Crippen LogP) is 5.56. The van der Waals surface area contributed by atoms with E-state index in [1.165, 1.54) is 11.1 Å². The van der Waals surface area contributed by atoms with E-state index in [4.69, 9.17) is 11.5 Å². The highest BCUT2D eigenvalue weighted by Crippen LogP contribution is 2.45. The number of aryl methyl sites for hydroxylation is 6. The molecule has 5 nitrogen and oxygen atoms in total. The molecule has 0 aliphatic carbocycles. The second-order valence-electron chi connectivity index (χ2n) is 9.05. The van der Waals surface area contributed by atoms with E-state index in [1.807, 2.05) is 18.2 Å². The van der Waals surface area contributed by atoms with Gasteiger partial charge >= 0.3 is 0 Å². The van der Waals surface area contributed by atoms with E-state index in [-0.39, 0.29) is 11.2 Å². The van der Waals surface area contributed by atoms with Crippen LogP contribution in [-0.2, 0) is 17.7 Å². The van der Waals surface area contributed by atoms with Crippen LogP contribution in [0, 0.1) is 41.5 Å². The quantitative estimate of drug-likeness (QED) is 0.267. The summed E-state index contributed by atoms with van der Waals surface area (Å²) in [6.45, 7) is 13.0. The number of nitrogens with zero attached hydrogens (tertiary/aromatic N) is 2. The molecular formula is C28H35N4OP. The lowest BCUT2D eigenvalue weighted by atomic mass is 10.0. The minimum absolute atomic E-state index is 0.0247. The smallest absolute Gasteiger partial charge is 0.236 e. The van der Waals surface area contributed by atoms with Crippen LogP contribution < -0.4 is 16.8 Å². The van der Waals surface area contributed by atoms with Crippen molar-refractivity contribution < 1.29 is 4.57 Å². The lowest BCUT2D eigenvalue weighted by molar-refractivity contribution is 0.594. The van der Waals surface area contributed by atoms with Crippen LogP contribution in [0.5, 0.6) is 0 Å². The Kier molecular flexibility index (Phi) is 7.78. The molecule has 0 amide bonds. The summed E-state index contributed by atoms with van der Waals surface area (Å²) in [4.78, 5) is 9.17. The molecule has 178 valence electrons. The van der Waals surface area contributed by atoms with Crippen molar-refractivity contribution >= 4 is 23.6 Å². The van der Waals surface area contributed by atoms with Gasteiger partial charge in [0.2, 0.25) is 7.14 Å². The van der Waals surface area contributed by atoms with Crippen molar-refractivity contribution in [3.8, 4) is 0 Å². The van der Waals surface area contributed by atoms with Gasteiger partial charge in [0.1, 0.15) is 0 Å². The normalized spacial score (nSPS) is 14.2.